The molecule has 3 aliphatic rings. The fourth-order valence-electron chi connectivity index (χ4n) is 5.04. The van der Waals surface area contributed by atoms with Crippen LogP contribution in [0.25, 0.3) is 0 Å². The van der Waals surface area contributed by atoms with Gasteiger partial charge in [0, 0.05) is 50.4 Å². The molecule has 1 aliphatic carbocycles. The van der Waals surface area contributed by atoms with Gasteiger partial charge in [0.2, 0.25) is 11.8 Å². The summed E-state index contributed by atoms with van der Waals surface area (Å²) in [5.41, 5.74) is 0.975. The maximum Gasteiger partial charge on any atom is 0.311 e. The third-order valence-electron chi connectivity index (χ3n) is 6.56. The molecule has 158 valence electrons. The number of hydrogen-bond acceptors (Lipinski definition) is 4. The highest BCUT2D eigenvalue weighted by molar-refractivity contribution is 5.96. The smallest absolute Gasteiger partial charge is 0.311 e. The van der Waals surface area contributed by atoms with Gasteiger partial charge in [0.25, 0.3) is 0 Å². The van der Waals surface area contributed by atoms with E-state index in [1.807, 2.05) is 24.3 Å². The number of rotatable bonds is 6. The molecule has 0 aromatic heterocycles. The van der Waals surface area contributed by atoms with E-state index in [1.165, 1.54) is 0 Å². The summed E-state index contributed by atoms with van der Waals surface area (Å²) in [6, 6.07) is 7.35. The third kappa shape index (κ3) is 4.26. The first-order valence-electron chi connectivity index (χ1n) is 10.1. The average Bonchev–Trinajstić information content (AvgIpc) is 3.35. The summed E-state index contributed by atoms with van der Waals surface area (Å²) in [5.74, 6) is -0.398. The lowest BCUT2D eigenvalue weighted by molar-refractivity contribution is -0.149. The molecule has 0 spiro atoms. The van der Waals surface area contributed by atoms with E-state index in [0.717, 1.165) is 44.5 Å². The number of amides is 2. The number of halogens is 1. The first kappa shape index (κ1) is 21.6. The summed E-state index contributed by atoms with van der Waals surface area (Å²) < 4.78 is 0. The number of carbonyl (C=O) groups is 3. The van der Waals surface area contributed by atoms with E-state index >= 15 is 0 Å². The summed E-state index contributed by atoms with van der Waals surface area (Å²) in [5, 5.41) is 12.5. The van der Waals surface area contributed by atoms with Crippen molar-refractivity contribution in [3.05, 3.63) is 24.3 Å². The molecule has 2 heterocycles. The number of benzene rings is 1. The highest BCUT2D eigenvalue weighted by Crippen LogP contribution is 2.48. The van der Waals surface area contributed by atoms with Crippen LogP contribution in [-0.2, 0) is 14.4 Å². The van der Waals surface area contributed by atoms with Crippen molar-refractivity contribution in [1.82, 2.24) is 4.90 Å². The van der Waals surface area contributed by atoms with Gasteiger partial charge in [0.05, 0.1) is 5.41 Å². The zero-order valence-electron chi connectivity index (χ0n) is 16.4. The van der Waals surface area contributed by atoms with Gasteiger partial charge in [-0.15, -0.1) is 12.4 Å². The Hall–Kier alpha value is -2.12. The lowest BCUT2D eigenvalue weighted by atomic mass is 9.81. The normalized spacial score (nSPS) is 26.3. The minimum absolute atomic E-state index is 0. The van der Waals surface area contributed by atoms with E-state index in [2.05, 4.69) is 10.2 Å². The monoisotopic (exact) mass is 421 g/mol. The number of hydrogen-bond donors (Lipinski definition) is 2. The molecule has 29 heavy (non-hydrogen) atoms. The quantitative estimate of drug-likeness (QED) is 0.737. The Morgan fingerprint density at radius 1 is 1.21 bits per heavy atom. The summed E-state index contributed by atoms with van der Waals surface area (Å²) >= 11 is 0. The van der Waals surface area contributed by atoms with Crippen molar-refractivity contribution in [1.29, 1.82) is 0 Å². The van der Waals surface area contributed by atoms with Crippen LogP contribution in [-0.4, -0.2) is 54.0 Å². The van der Waals surface area contributed by atoms with Crippen LogP contribution in [0.3, 0.4) is 0 Å². The van der Waals surface area contributed by atoms with Gasteiger partial charge in [-0.2, -0.15) is 0 Å². The highest BCUT2D eigenvalue weighted by atomic mass is 35.5. The second-order valence-electron chi connectivity index (χ2n) is 8.28. The SMILES string of the molecule is Cl.O=C(CCN1C[C@@H]2CCC[C@@]2(C(=O)O)C1)Nc1ccc(N2CCCC2=O)cc1. The molecule has 7 nitrogen and oxygen atoms in total. The van der Waals surface area contributed by atoms with Crippen LogP contribution in [0, 0.1) is 11.3 Å². The molecule has 8 heteroatoms. The Balaban J connectivity index is 0.00000240. The van der Waals surface area contributed by atoms with E-state index in [1.54, 1.807) is 4.90 Å². The Labute approximate surface area is 176 Å². The van der Waals surface area contributed by atoms with Gasteiger partial charge >= 0.3 is 5.97 Å². The number of likely N-dealkylation sites (tertiary alicyclic amines) is 1. The van der Waals surface area contributed by atoms with Crippen LogP contribution in [0.5, 0.6) is 0 Å². The number of fused-ring (bicyclic) bond motifs is 1. The van der Waals surface area contributed by atoms with Gasteiger partial charge in [0.1, 0.15) is 0 Å². The van der Waals surface area contributed by atoms with Gasteiger partial charge in [-0.25, -0.2) is 0 Å². The van der Waals surface area contributed by atoms with Crippen LogP contribution >= 0.6 is 12.4 Å². The number of nitrogens with one attached hydrogen (secondary N) is 1. The lowest BCUT2D eigenvalue weighted by Crippen LogP contribution is -2.36. The Morgan fingerprint density at radius 3 is 2.59 bits per heavy atom. The number of aliphatic carboxylic acids is 1. The Bertz CT molecular complexity index is 785. The molecule has 2 N–H and O–H groups in total. The molecule has 2 aliphatic heterocycles. The molecule has 0 unspecified atom stereocenters. The molecule has 2 amide bonds. The number of carboxylic acid groups (broad SMARTS) is 1. The summed E-state index contributed by atoms with van der Waals surface area (Å²) in [6.45, 7) is 2.66. The predicted octanol–water partition coefficient (Wildman–Crippen LogP) is 2.75. The molecular weight excluding hydrogens is 394 g/mol. The lowest BCUT2D eigenvalue weighted by Gasteiger charge is -2.23. The molecule has 4 rings (SSSR count). The maximum atomic E-state index is 12.3. The van der Waals surface area contributed by atoms with Crippen LogP contribution in [0.15, 0.2) is 24.3 Å². The van der Waals surface area contributed by atoms with Crippen molar-refractivity contribution in [3.63, 3.8) is 0 Å². The van der Waals surface area contributed by atoms with E-state index in [9.17, 15) is 19.5 Å². The topological polar surface area (TPSA) is 89.9 Å². The number of carboxylic acids is 1. The fourth-order valence-corrected chi connectivity index (χ4v) is 5.04. The van der Waals surface area contributed by atoms with E-state index < -0.39 is 11.4 Å². The summed E-state index contributed by atoms with van der Waals surface area (Å²) in [6.07, 6.45) is 4.54. The Kier molecular flexibility index (Phi) is 6.49. The first-order chi connectivity index (χ1) is 13.5. The fraction of sp³-hybridized carbons (Fsp3) is 0.571. The zero-order valence-corrected chi connectivity index (χ0v) is 17.2. The van der Waals surface area contributed by atoms with Crippen molar-refractivity contribution >= 4 is 41.6 Å². The van der Waals surface area contributed by atoms with Crippen LogP contribution in [0.1, 0.15) is 38.5 Å². The van der Waals surface area contributed by atoms with Gasteiger partial charge in [-0.3, -0.25) is 14.4 Å². The molecular formula is C21H28ClN3O4. The van der Waals surface area contributed by atoms with Gasteiger partial charge < -0.3 is 20.2 Å². The Morgan fingerprint density at radius 2 is 1.97 bits per heavy atom. The van der Waals surface area contributed by atoms with Crippen molar-refractivity contribution < 1.29 is 19.5 Å². The maximum absolute atomic E-state index is 12.3. The first-order valence-corrected chi connectivity index (χ1v) is 10.1. The minimum atomic E-state index is -0.682. The van der Waals surface area contributed by atoms with E-state index in [0.29, 0.717) is 31.6 Å². The van der Waals surface area contributed by atoms with Crippen molar-refractivity contribution in [2.45, 2.75) is 38.5 Å². The molecule has 1 saturated carbocycles. The molecule has 2 saturated heterocycles. The third-order valence-corrected chi connectivity index (χ3v) is 6.56. The van der Waals surface area contributed by atoms with Gasteiger partial charge in [-0.05, 0) is 49.4 Å². The van der Waals surface area contributed by atoms with Crippen molar-refractivity contribution in [2.24, 2.45) is 11.3 Å². The number of anilines is 2. The van der Waals surface area contributed by atoms with Crippen LogP contribution in [0.2, 0.25) is 0 Å². The molecule has 0 bridgehead atoms. The van der Waals surface area contributed by atoms with E-state index in [-0.39, 0.29) is 30.1 Å². The van der Waals surface area contributed by atoms with Crippen LogP contribution < -0.4 is 10.2 Å². The second kappa shape index (κ2) is 8.71. The zero-order chi connectivity index (χ0) is 19.7. The van der Waals surface area contributed by atoms with Crippen molar-refractivity contribution in [3.8, 4) is 0 Å². The average molecular weight is 422 g/mol. The van der Waals surface area contributed by atoms with Gasteiger partial charge in [-0.1, -0.05) is 6.42 Å². The summed E-state index contributed by atoms with van der Waals surface area (Å²) in [7, 11) is 0. The molecule has 1 aromatic rings. The minimum Gasteiger partial charge on any atom is -0.481 e. The van der Waals surface area contributed by atoms with E-state index in [4.69, 9.17) is 0 Å². The standard InChI is InChI=1S/C21H27N3O4.ClH/c25-18(9-12-23-13-15-3-1-10-21(15,14-23)20(27)28)22-16-5-7-17(8-6-16)24-11-2-4-19(24)26;/h5-8,15H,1-4,9-14H2,(H,22,25)(H,27,28);1H/t15-,21+;/m0./s1. The molecule has 2 atom stereocenters. The largest absolute Gasteiger partial charge is 0.481 e. The highest BCUT2D eigenvalue weighted by Gasteiger charge is 2.54. The molecule has 0 radical (unpaired) electrons. The van der Waals surface area contributed by atoms with Gasteiger partial charge in [0.15, 0.2) is 0 Å². The number of nitrogens with zero attached hydrogens (tertiary/aromatic N) is 2. The molecule has 1 aromatic carbocycles. The second-order valence-corrected chi connectivity index (χ2v) is 8.28. The number of carbonyl (C=O) groups excluding carboxylic acids is 2. The molecule has 3 fully saturated rings. The summed E-state index contributed by atoms with van der Waals surface area (Å²) in [4.78, 5) is 39.7. The predicted molar refractivity (Wildman–Crippen MR) is 112 cm³/mol. The van der Waals surface area contributed by atoms with Crippen molar-refractivity contribution in [2.75, 3.05) is 36.4 Å². The van der Waals surface area contributed by atoms with Crippen LogP contribution in [0.4, 0.5) is 11.4 Å².